The number of methoxy groups -OCH3 is 5. The van der Waals surface area contributed by atoms with E-state index >= 15 is 0 Å². The number of nitrogens with zero attached hydrogens (tertiary/aromatic N) is 6. The molecule has 13 rings (SSSR count). The maximum Gasteiger partial charge on any atom is 0.336 e. The van der Waals surface area contributed by atoms with Gasteiger partial charge < -0.3 is 58.3 Å². The van der Waals surface area contributed by atoms with Gasteiger partial charge in [-0.2, -0.15) is 26.2 Å². The van der Waals surface area contributed by atoms with E-state index in [0.717, 1.165) is 65.7 Å². The third-order valence-electron chi connectivity index (χ3n) is 16.7. The van der Waals surface area contributed by atoms with Gasteiger partial charge in [0, 0.05) is 33.9 Å². The molecule has 4 aromatic heterocycles. The smallest absolute Gasteiger partial charge is 0.336 e. The second-order valence-electron chi connectivity index (χ2n) is 22.6. The number of ketones is 2. The number of aliphatic carboxylic acids is 4. The highest BCUT2D eigenvalue weighted by Crippen LogP contribution is 2.44. The summed E-state index contributed by atoms with van der Waals surface area (Å²) < 4.78 is 68.8. The molecular weight excluding hydrogens is 1350 g/mol. The first kappa shape index (κ1) is 69.4. The fourth-order valence-corrected chi connectivity index (χ4v) is 14.2. The van der Waals surface area contributed by atoms with Crippen molar-refractivity contribution >= 4 is 121 Å². The van der Waals surface area contributed by atoms with Gasteiger partial charge in [0.2, 0.25) is 12.5 Å². The zero-order valence-electron chi connectivity index (χ0n) is 53.5. The van der Waals surface area contributed by atoms with Crippen LogP contribution >= 0.6 is 46.5 Å². The Hall–Kier alpha value is -10.9. The van der Waals surface area contributed by atoms with E-state index in [0.29, 0.717) is 117 Å². The Labute approximate surface area is 581 Å². The summed E-state index contributed by atoms with van der Waals surface area (Å²) in [5, 5.41) is 40.9. The molecule has 0 radical (unpaired) electrons. The first-order valence-corrected chi connectivity index (χ1v) is 33.6. The summed E-state index contributed by atoms with van der Waals surface area (Å²) in [6.45, 7) is 0.0480. The minimum absolute atomic E-state index is 0.00369. The summed E-state index contributed by atoms with van der Waals surface area (Å²) in [6.07, 6.45) is 4.46. The van der Waals surface area contributed by atoms with Gasteiger partial charge in [0.25, 0.3) is 0 Å². The van der Waals surface area contributed by atoms with Gasteiger partial charge in [0.1, 0.15) is 44.6 Å². The number of benzene rings is 7. The van der Waals surface area contributed by atoms with Crippen LogP contribution in [-0.2, 0) is 32.0 Å². The third kappa shape index (κ3) is 15.9. The van der Waals surface area contributed by atoms with E-state index < -0.39 is 53.3 Å². The summed E-state index contributed by atoms with van der Waals surface area (Å²) in [6, 6.07) is 40.1. The fraction of sp³-hybridized carbons (Fsp3) is 0.239. The molecule has 1 aliphatic carbocycles. The summed E-state index contributed by atoms with van der Waals surface area (Å²) in [5.41, 5.74) is 6.61. The molecule has 24 nitrogen and oxygen atoms in total. The Morgan fingerprint density at radius 1 is 0.495 bits per heavy atom. The standard InChI is InChI=1S/C31H30N2O7S.C23H20N2O5S2.C17H12N2O6S/c1-37-21-11-8-19(9-12-21)29(34)23(28(31(35)36)20-10-13-24-25(17-20)33-41-32-24)14-18-15-26(38-2)30(27(16-18)39-3)40-22-6-4-5-7-22;1-29-15-6-3-13(4-7-15)22(26)17(12-16-8-10-20(30-2)31-16)21(23(27)28)14-5-9-18-19(11-14)25-32-24-18;20-16(21)14(8-1-3-10-11(5-8)19-26-18-10)15(17(22)23)9-2-4-12-13(6-9)25-7-24-12/h8-13,15-17,22H,4-7,14H2,1-3H3,(H,35,36);3-11,17,21H,12H2,1-2H3,(H,27,28);1-6,14-15H,7H2,(H,20,21)(H,22,23)/b28-23-;;. The molecule has 2 aliphatic rings. The van der Waals surface area contributed by atoms with Gasteiger partial charge in [-0.25, -0.2) is 4.79 Å². The highest BCUT2D eigenvalue weighted by atomic mass is 32.1. The van der Waals surface area contributed by atoms with E-state index in [1.807, 2.05) is 12.1 Å². The number of thiophene rings is 1. The topological polar surface area (TPSA) is 335 Å². The molecule has 4 unspecified atom stereocenters. The van der Waals surface area contributed by atoms with Crippen molar-refractivity contribution in [2.75, 3.05) is 42.3 Å². The Kier molecular flexibility index (Phi) is 22.1. The number of carboxylic acid groups (broad SMARTS) is 4. The number of rotatable bonds is 25. The van der Waals surface area contributed by atoms with Gasteiger partial charge in [-0.05, 0) is 181 Å². The summed E-state index contributed by atoms with van der Waals surface area (Å²) in [5.74, 6) is -6.41. The average Bonchev–Trinajstić information content (AvgIpc) is 1.75. The maximum atomic E-state index is 14.0. The van der Waals surface area contributed by atoms with Crippen molar-refractivity contribution in [3.63, 3.8) is 0 Å². The third-order valence-corrected chi connectivity index (χ3v) is 19.4. The van der Waals surface area contributed by atoms with E-state index in [1.165, 1.54) is 24.5 Å². The SMILES string of the molecule is COc1ccc(C(=O)/C(Cc2cc(OC)c(OC3CCCC3)c(OC)c2)=C(\C(=O)O)c2ccc3nsnc3c2)cc1.COc1ccc(C(=O)C(Cc2ccc(OC)s2)C(C(=O)O)c2ccc3nsnc3c2)cc1.O=C(O)C(c1ccc2c(c1)OCO2)C(C(=O)O)c1ccc2nsnc2c1. The average molecular weight is 1420 g/mol. The first-order valence-electron chi connectivity index (χ1n) is 30.6. The molecule has 28 heteroatoms. The molecule has 1 aliphatic heterocycles. The Bertz CT molecular complexity index is 4790. The molecule has 99 heavy (non-hydrogen) atoms. The first-order chi connectivity index (χ1) is 47.9. The van der Waals surface area contributed by atoms with Crippen molar-refractivity contribution in [1.82, 2.24) is 26.2 Å². The predicted octanol–water partition coefficient (Wildman–Crippen LogP) is 13.1. The minimum atomic E-state index is -1.30. The van der Waals surface area contributed by atoms with Crippen molar-refractivity contribution < 1.29 is 87.1 Å². The van der Waals surface area contributed by atoms with Crippen LogP contribution in [0.15, 0.2) is 151 Å². The van der Waals surface area contributed by atoms with Gasteiger partial charge in [0.05, 0.1) is 100 Å². The van der Waals surface area contributed by atoms with Gasteiger partial charge >= 0.3 is 23.9 Å². The number of aromatic nitrogens is 6. The van der Waals surface area contributed by atoms with E-state index in [2.05, 4.69) is 26.2 Å². The van der Waals surface area contributed by atoms with Crippen LogP contribution in [0.5, 0.6) is 45.3 Å². The number of Topliss-reactive ketones (excluding diaryl/α,β-unsaturated/α-hetero) is 2. The number of carbonyl (C=O) groups excluding carboxylic acids is 2. The lowest BCUT2D eigenvalue weighted by atomic mass is 9.79. The van der Waals surface area contributed by atoms with E-state index in [4.69, 9.17) is 37.9 Å². The Morgan fingerprint density at radius 2 is 0.980 bits per heavy atom. The number of ether oxygens (including phenoxy) is 8. The van der Waals surface area contributed by atoms with E-state index in [1.54, 1.807) is 156 Å². The second-order valence-corrected chi connectivity index (χ2v) is 25.3. The predicted molar refractivity (Wildman–Crippen MR) is 369 cm³/mol. The Balaban J connectivity index is 0.000000154. The molecule has 1 saturated carbocycles. The van der Waals surface area contributed by atoms with Gasteiger partial charge in [-0.1, -0.05) is 24.3 Å². The maximum absolute atomic E-state index is 14.0. The Morgan fingerprint density at radius 3 is 1.49 bits per heavy atom. The number of hydrogen-bond acceptors (Lipinski definition) is 24. The molecule has 4 atom stereocenters. The summed E-state index contributed by atoms with van der Waals surface area (Å²) in [7, 11) is 7.74. The molecule has 0 spiro atoms. The molecule has 0 amide bonds. The zero-order chi connectivity index (χ0) is 69.9. The van der Waals surface area contributed by atoms with E-state index in [9.17, 15) is 49.2 Å². The molecule has 5 heterocycles. The number of carboxylic acids is 4. The lowest BCUT2D eigenvalue weighted by Crippen LogP contribution is -2.30. The molecule has 0 bridgehead atoms. The highest BCUT2D eigenvalue weighted by molar-refractivity contribution is 7.13. The second kappa shape index (κ2) is 31.5. The quantitative estimate of drug-likeness (QED) is 0.0305. The van der Waals surface area contributed by atoms with Crippen molar-refractivity contribution in [1.29, 1.82) is 0 Å². The zero-order valence-corrected chi connectivity index (χ0v) is 56.8. The molecule has 0 saturated heterocycles. The number of hydrogen-bond donors (Lipinski definition) is 4. The molecule has 7 aromatic carbocycles. The molecule has 4 N–H and O–H groups in total. The van der Waals surface area contributed by atoms with Gasteiger partial charge in [0.15, 0.2) is 39.6 Å². The largest absolute Gasteiger partial charge is 0.497 e. The number of carbonyl (C=O) groups is 6. The number of allylic oxidation sites excluding steroid dienone is 1. The van der Waals surface area contributed by atoms with E-state index in [-0.39, 0.29) is 42.7 Å². The normalized spacial score (nSPS) is 13.9. The summed E-state index contributed by atoms with van der Waals surface area (Å²) in [4.78, 5) is 77.7. The van der Waals surface area contributed by atoms with Gasteiger partial charge in [-0.15, -0.1) is 11.3 Å². The fourth-order valence-electron chi connectivity index (χ4n) is 11.8. The highest BCUT2D eigenvalue weighted by Gasteiger charge is 2.39. The van der Waals surface area contributed by atoms with Crippen molar-refractivity contribution in [2.24, 2.45) is 5.92 Å². The minimum Gasteiger partial charge on any atom is -0.497 e. The molecule has 11 aromatic rings. The van der Waals surface area contributed by atoms with Crippen LogP contribution in [-0.4, -0.2) is 131 Å². The lowest BCUT2D eigenvalue weighted by molar-refractivity contribution is -0.147. The van der Waals surface area contributed by atoms with Crippen molar-refractivity contribution in [2.45, 2.75) is 62.4 Å². The monoisotopic (exact) mass is 1410 g/mol. The number of fused-ring (bicyclic) bond motifs is 4. The van der Waals surface area contributed by atoms with Crippen LogP contribution in [0.25, 0.3) is 38.7 Å². The van der Waals surface area contributed by atoms with Crippen LogP contribution in [0, 0.1) is 5.92 Å². The van der Waals surface area contributed by atoms with Crippen LogP contribution in [0.1, 0.15) is 96.8 Å². The van der Waals surface area contributed by atoms with Crippen LogP contribution in [0.4, 0.5) is 0 Å². The lowest BCUT2D eigenvalue weighted by Gasteiger charge is -2.23. The van der Waals surface area contributed by atoms with Crippen LogP contribution in [0.3, 0.4) is 0 Å². The summed E-state index contributed by atoms with van der Waals surface area (Å²) >= 11 is 4.52. The molecule has 508 valence electrons. The molecule has 1 fully saturated rings. The van der Waals surface area contributed by atoms with Crippen LogP contribution < -0.4 is 37.9 Å². The van der Waals surface area contributed by atoms with Crippen molar-refractivity contribution in [3.8, 4) is 45.3 Å². The molecular formula is C71H62N6O18S4. The van der Waals surface area contributed by atoms with Crippen LogP contribution in [0.2, 0.25) is 0 Å². The van der Waals surface area contributed by atoms with Crippen molar-refractivity contribution in [3.05, 3.63) is 195 Å². The van der Waals surface area contributed by atoms with Gasteiger partial charge in [-0.3, -0.25) is 24.0 Å².